The van der Waals surface area contributed by atoms with Gasteiger partial charge in [-0.15, -0.1) is 0 Å². The van der Waals surface area contributed by atoms with E-state index in [1.807, 2.05) is 0 Å². The fourth-order valence-electron chi connectivity index (χ4n) is 2.02. The lowest BCUT2D eigenvalue weighted by molar-refractivity contribution is 0.203. The number of aliphatic hydroxyl groups is 1. The predicted octanol–water partition coefficient (Wildman–Crippen LogP) is 0.0379. The molecule has 1 fully saturated rings. The summed E-state index contributed by atoms with van der Waals surface area (Å²) in [6, 6.07) is 0.552. The molecule has 1 saturated heterocycles. The van der Waals surface area contributed by atoms with Crippen LogP contribution in [0, 0.1) is 5.92 Å². The highest BCUT2D eigenvalue weighted by Crippen LogP contribution is 2.22. The molecule has 3 N–H and O–H groups in total. The van der Waals surface area contributed by atoms with Crippen molar-refractivity contribution in [2.45, 2.75) is 25.8 Å². The Balaban J connectivity index is 2.32. The summed E-state index contributed by atoms with van der Waals surface area (Å²) < 4.78 is 0. The van der Waals surface area contributed by atoms with Gasteiger partial charge in [-0.25, -0.2) is 0 Å². The van der Waals surface area contributed by atoms with Crippen molar-refractivity contribution in [2.75, 3.05) is 26.2 Å². The monoisotopic (exact) mass is 172 g/mol. The fraction of sp³-hybridized carbons (Fsp3) is 1.00. The van der Waals surface area contributed by atoms with Crippen LogP contribution < -0.4 is 5.73 Å². The summed E-state index contributed by atoms with van der Waals surface area (Å²) in [7, 11) is 0. The molecule has 1 aliphatic heterocycles. The molecule has 0 aromatic rings. The Kier molecular flexibility index (Phi) is 3.98. The molecule has 3 nitrogen and oxygen atoms in total. The van der Waals surface area contributed by atoms with Gasteiger partial charge in [0.1, 0.15) is 0 Å². The third kappa shape index (κ3) is 2.19. The van der Waals surface area contributed by atoms with Gasteiger partial charge in [-0.1, -0.05) is 6.92 Å². The maximum absolute atomic E-state index is 8.69. The zero-order chi connectivity index (χ0) is 8.97. The van der Waals surface area contributed by atoms with E-state index in [2.05, 4.69) is 11.8 Å². The Morgan fingerprint density at radius 3 is 2.92 bits per heavy atom. The van der Waals surface area contributed by atoms with E-state index in [0.29, 0.717) is 12.6 Å². The van der Waals surface area contributed by atoms with Crippen LogP contribution >= 0.6 is 0 Å². The highest BCUT2D eigenvalue weighted by molar-refractivity contribution is 4.84. The molecule has 3 heteroatoms. The van der Waals surface area contributed by atoms with Gasteiger partial charge >= 0.3 is 0 Å². The summed E-state index contributed by atoms with van der Waals surface area (Å²) in [5, 5.41) is 8.69. The number of likely N-dealkylation sites (tertiary alicyclic amines) is 1. The quantitative estimate of drug-likeness (QED) is 0.629. The van der Waals surface area contributed by atoms with Crippen molar-refractivity contribution in [1.82, 2.24) is 4.90 Å². The Morgan fingerprint density at radius 1 is 1.58 bits per heavy atom. The van der Waals surface area contributed by atoms with Crippen molar-refractivity contribution in [3.63, 3.8) is 0 Å². The molecular formula is C9H20N2O. The second-order valence-corrected chi connectivity index (χ2v) is 3.68. The van der Waals surface area contributed by atoms with E-state index < -0.39 is 0 Å². The second-order valence-electron chi connectivity index (χ2n) is 3.68. The Morgan fingerprint density at radius 2 is 2.33 bits per heavy atom. The van der Waals surface area contributed by atoms with Crippen molar-refractivity contribution in [2.24, 2.45) is 11.7 Å². The molecule has 1 aliphatic rings. The second kappa shape index (κ2) is 4.80. The Hall–Kier alpha value is -0.120. The summed E-state index contributed by atoms with van der Waals surface area (Å²) in [4.78, 5) is 2.40. The minimum atomic E-state index is 0.294. The number of nitrogens with two attached hydrogens (primary N) is 1. The van der Waals surface area contributed by atoms with Crippen LogP contribution in [0.3, 0.4) is 0 Å². The molecule has 0 saturated carbocycles. The maximum Gasteiger partial charge on any atom is 0.0443 e. The minimum absolute atomic E-state index is 0.294. The standard InChI is InChI=1S/C9H20N2O/c1-8-3-5-11(4-2-6-12)9(8)7-10/h8-9,12H,2-7,10H2,1H3. The average Bonchev–Trinajstić information content (AvgIpc) is 2.43. The highest BCUT2D eigenvalue weighted by atomic mass is 16.3. The third-order valence-corrected chi connectivity index (χ3v) is 2.84. The van der Waals surface area contributed by atoms with E-state index in [1.165, 1.54) is 6.42 Å². The van der Waals surface area contributed by atoms with Crippen LogP contribution in [0.2, 0.25) is 0 Å². The third-order valence-electron chi connectivity index (χ3n) is 2.84. The van der Waals surface area contributed by atoms with Gasteiger partial charge in [-0.05, 0) is 25.3 Å². The predicted molar refractivity (Wildman–Crippen MR) is 49.9 cm³/mol. The topological polar surface area (TPSA) is 49.5 Å². The Bertz CT molecular complexity index is 130. The smallest absolute Gasteiger partial charge is 0.0443 e. The summed E-state index contributed by atoms with van der Waals surface area (Å²) in [5.74, 6) is 0.730. The van der Waals surface area contributed by atoms with Gasteiger partial charge in [0.25, 0.3) is 0 Å². The fourth-order valence-corrected chi connectivity index (χ4v) is 2.02. The van der Waals surface area contributed by atoms with Crippen LogP contribution in [0.15, 0.2) is 0 Å². The highest BCUT2D eigenvalue weighted by Gasteiger charge is 2.28. The molecule has 0 aliphatic carbocycles. The molecule has 0 radical (unpaired) electrons. The summed E-state index contributed by atoms with van der Waals surface area (Å²) in [6.45, 7) is 5.47. The van der Waals surface area contributed by atoms with Gasteiger partial charge in [0.05, 0.1) is 0 Å². The van der Waals surface area contributed by atoms with Gasteiger partial charge in [-0.3, -0.25) is 4.90 Å². The molecule has 2 unspecified atom stereocenters. The molecule has 2 atom stereocenters. The summed E-state index contributed by atoms with van der Waals surface area (Å²) in [6.07, 6.45) is 2.14. The van der Waals surface area contributed by atoms with Crippen LogP contribution in [-0.4, -0.2) is 42.3 Å². The lowest BCUT2D eigenvalue weighted by atomic mass is 10.0. The van der Waals surface area contributed by atoms with Crippen molar-refractivity contribution in [1.29, 1.82) is 0 Å². The molecule has 72 valence electrons. The maximum atomic E-state index is 8.69. The molecule has 0 bridgehead atoms. The van der Waals surface area contributed by atoms with Crippen LogP contribution in [0.5, 0.6) is 0 Å². The number of hydrogen-bond donors (Lipinski definition) is 2. The van der Waals surface area contributed by atoms with Gasteiger partial charge in [0.2, 0.25) is 0 Å². The first kappa shape index (κ1) is 9.96. The van der Waals surface area contributed by atoms with Crippen LogP contribution in [0.1, 0.15) is 19.8 Å². The number of nitrogens with zero attached hydrogens (tertiary/aromatic N) is 1. The van der Waals surface area contributed by atoms with E-state index in [-0.39, 0.29) is 0 Å². The van der Waals surface area contributed by atoms with E-state index >= 15 is 0 Å². The zero-order valence-corrected chi connectivity index (χ0v) is 7.87. The SMILES string of the molecule is CC1CCN(CCCO)C1CN. The molecule has 0 aromatic carbocycles. The van der Waals surface area contributed by atoms with Crippen molar-refractivity contribution in [3.05, 3.63) is 0 Å². The molecular weight excluding hydrogens is 152 g/mol. The molecule has 0 aromatic heterocycles. The number of rotatable bonds is 4. The van der Waals surface area contributed by atoms with Gasteiger partial charge < -0.3 is 10.8 Å². The van der Waals surface area contributed by atoms with E-state index in [4.69, 9.17) is 10.8 Å². The minimum Gasteiger partial charge on any atom is -0.396 e. The lowest BCUT2D eigenvalue weighted by Gasteiger charge is -2.24. The first-order valence-corrected chi connectivity index (χ1v) is 4.84. The largest absolute Gasteiger partial charge is 0.396 e. The van der Waals surface area contributed by atoms with E-state index in [1.54, 1.807) is 0 Å². The first-order chi connectivity index (χ1) is 5.79. The normalized spacial score (nSPS) is 31.2. The van der Waals surface area contributed by atoms with Gasteiger partial charge in [0.15, 0.2) is 0 Å². The van der Waals surface area contributed by atoms with Gasteiger partial charge in [0, 0.05) is 25.7 Å². The molecule has 12 heavy (non-hydrogen) atoms. The van der Waals surface area contributed by atoms with Crippen molar-refractivity contribution in [3.8, 4) is 0 Å². The van der Waals surface area contributed by atoms with Crippen molar-refractivity contribution < 1.29 is 5.11 Å². The molecule has 1 rings (SSSR count). The summed E-state index contributed by atoms with van der Waals surface area (Å²) >= 11 is 0. The van der Waals surface area contributed by atoms with Gasteiger partial charge in [-0.2, -0.15) is 0 Å². The van der Waals surface area contributed by atoms with Crippen LogP contribution in [0.25, 0.3) is 0 Å². The van der Waals surface area contributed by atoms with E-state index in [9.17, 15) is 0 Å². The lowest BCUT2D eigenvalue weighted by Crippen LogP contribution is -2.39. The number of aliphatic hydroxyl groups excluding tert-OH is 1. The average molecular weight is 172 g/mol. The zero-order valence-electron chi connectivity index (χ0n) is 7.87. The Labute approximate surface area is 74.5 Å². The summed E-state index contributed by atoms with van der Waals surface area (Å²) in [5.41, 5.74) is 5.68. The molecule has 1 heterocycles. The van der Waals surface area contributed by atoms with Crippen LogP contribution in [0.4, 0.5) is 0 Å². The number of hydrogen-bond acceptors (Lipinski definition) is 3. The van der Waals surface area contributed by atoms with E-state index in [0.717, 1.165) is 32.0 Å². The molecule has 0 spiro atoms. The van der Waals surface area contributed by atoms with Crippen molar-refractivity contribution >= 4 is 0 Å². The molecule has 0 amide bonds. The van der Waals surface area contributed by atoms with Crippen LogP contribution in [-0.2, 0) is 0 Å². The first-order valence-electron chi connectivity index (χ1n) is 4.84.